The third-order valence-corrected chi connectivity index (χ3v) is 3.71. The molecule has 3 rings (SSSR count). The van der Waals surface area contributed by atoms with Crippen LogP contribution < -0.4 is 15.4 Å². The lowest BCUT2D eigenvalue weighted by Gasteiger charge is -2.09. The Kier molecular flexibility index (Phi) is 5.72. The molecule has 0 saturated carbocycles. The van der Waals surface area contributed by atoms with Crippen molar-refractivity contribution in [1.82, 2.24) is 20.5 Å². The predicted molar refractivity (Wildman–Crippen MR) is 97.8 cm³/mol. The van der Waals surface area contributed by atoms with Gasteiger partial charge in [0.25, 0.3) is 5.91 Å². The molecule has 0 aliphatic heterocycles. The second kappa shape index (κ2) is 8.57. The number of amides is 1. The first-order valence-corrected chi connectivity index (χ1v) is 8.14. The SMILES string of the molecule is COc1ccccc1CNc1ccc(C(=O)NCc2ccccn2)nn1. The standard InChI is InChI=1S/C19H19N5O2/c1-26-17-8-3-2-6-14(17)12-21-18-10-9-16(23-24-18)19(25)22-13-15-7-4-5-11-20-15/h2-11H,12-13H2,1H3,(H,21,24)(H,22,25). The number of para-hydroxylation sites is 1. The van der Waals surface area contributed by atoms with E-state index in [0.717, 1.165) is 17.0 Å². The van der Waals surface area contributed by atoms with Crippen LogP contribution >= 0.6 is 0 Å². The molecule has 2 aromatic heterocycles. The van der Waals surface area contributed by atoms with Crippen molar-refractivity contribution in [2.75, 3.05) is 12.4 Å². The second-order valence-corrected chi connectivity index (χ2v) is 5.47. The zero-order valence-corrected chi connectivity index (χ0v) is 14.3. The molecule has 0 saturated heterocycles. The molecule has 0 atom stereocenters. The maximum atomic E-state index is 12.1. The van der Waals surface area contributed by atoms with Crippen LogP contribution in [0, 0.1) is 0 Å². The number of carbonyl (C=O) groups excluding carboxylic acids is 1. The highest BCUT2D eigenvalue weighted by molar-refractivity contribution is 5.92. The molecule has 2 N–H and O–H groups in total. The molecular formula is C19H19N5O2. The summed E-state index contributed by atoms with van der Waals surface area (Å²) in [6.45, 7) is 0.888. The van der Waals surface area contributed by atoms with Crippen molar-refractivity contribution >= 4 is 11.7 Å². The Morgan fingerprint density at radius 2 is 1.85 bits per heavy atom. The Morgan fingerprint density at radius 3 is 2.58 bits per heavy atom. The van der Waals surface area contributed by atoms with Gasteiger partial charge in [0.1, 0.15) is 11.6 Å². The smallest absolute Gasteiger partial charge is 0.272 e. The molecule has 132 valence electrons. The van der Waals surface area contributed by atoms with Crippen LogP contribution in [0.3, 0.4) is 0 Å². The molecule has 0 spiro atoms. The number of carbonyl (C=O) groups is 1. The quantitative estimate of drug-likeness (QED) is 0.681. The highest BCUT2D eigenvalue weighted by Gasteiger charge is 2.08. The van der Waals surface area contributed by atoms with Crippen LogP contribution in [0.5, 0.6) is 5.75 Å². The number of benzene rings is 1. The number of nitrogens with one attached hydrogen (secondary N) is 2. The average molecular weight is 349 g/mol. The summed E-state index contributed by atoms with van der Waals surface area (Å²) in [5.41, 5.74) is 2.04. The van der Waals surface area contributed by atoms with Crippen LogP contribution in [-0.4, -0.2) is 28.2 Å². The maximum absolute atomic E-state index is 12.1. The van der Waals surface area contributed by atoms with Crippen LogP contribution in [0.2, 0.25) is 0 Å². The van der Waals surface area contributed by atoms with Crippen molar-refractivity contribution in [3.05, 3.63) is 77.7 Å². The summed E-state index contributed by atoms with van der Waals surface area (Å²) in [4.78, 5) is 16.3. The van der Waals surface area contributed by atoms with Gasteiger partial charge >= 0.3 is 0 Å². The lowest BCUT2D eigenvalue weighted by Crippen LogP contribution is -2.24. The van der Waals surface area contributed by atoms with E-state index in [0.29, 0.717) is 18.9 Å². The summed E-state index contributed by atoms with van der Waals surface area (Å²) in [7, 11) is 1.64. The van der Waals surface area contributed by atoms with E-state index in [1.165, 1.54) is 0 Å². The number of rotatable bonds is 7. The lowest BCUT2D eigenvalue weighted by atomic mass is 10.2. The predicted octanol–water partition coefficient (Wildman–Crippen LogP) is 2.42. The molecule has 7 nitrogen and oxygen atoms in total. The van der Waals surface area contributed by atoms with Crippen molar-refractivity contribution in [2.24, 2.45) is 0 Å². The van der Waals surface area contributed by atoms with E-state index in [2.05, 4.69) is 25.8 Å². The van der Waals surface area contributed by atoms with E-state index < -0.39 is 0 Å². The van der Waals surface area contributed by atoms with E-state index in [-0.39, 0.29) is 11.6 Å². The summed E-state index contributed by atoms with van der Waals surface area (Å²) >= 11 is 0. The number of pyridine rings is 1. The van der Waals surface area contributed by atoms with Crippen molar-refractivity contribution in [3.63, 3.8) is 0 Å². The van der Waals surface area contributed by atoms with Crippen LogP contribution in [0.1, 0.15) is 21.7 Å². The Labute approximate surface area is 151 Å². The van der Waals surface area contributed by atoms with Crippen LogP contribution in [0.4, 0.5) is 5.82 Å². The number of methoxy groups -OCH3 is 1. The molecule has 0 aliphatic carbocycles. The van der Waals surface area contributed by atoms with Gasteiger partial charge in [-0.05, 0) is 30.3 Å². The number of anilines is 1. The highest BCUT2D eigenvalue weighted by atomic mass is 16.5. The van der Waals surface area contributed by atoms with Crippen LogP contribution in [0.15, 0.2) is 60.8 Å². The number of hydrogen-bond acceptors (Lipinski definition) is 6. The monoisotopic (exact) mass is 349 g/mol. The molecule has 1 amide bonds. The molecular weight excluding hydrogens is 330 g/mol. The lowest BCUT2D eigenvalue weighted by molar-refractivity contribution is 0.0944. The minimum Gasteiger partial charge on any atom is -0.496 e. The summed E-state index contributed by atoms with van der Waals surface area (Å²) in [5, 5.41) is 13.9. The van der Waals surface area contributed by atoms with Crippen LogP contribution in [0.25, 0.3) is 0 Å². The third kappa shape index (κ3) is 4.54. The van der Waals surface area contributed by atoms with E-state index in [9.17, 15) is 4.79 Å². The Balaban J connectivity index is 1.55. The van der Waals surface area contributed by atoms with E-state index in [1.54, 1.807) is 25.4 Å². The van der Waals surface area contributed by atoms with E-state index in [4.69, 9.17) is 4.74 Å². The van der Waals surface area contributed by atoms with Gasteiger partial charge in [0.05, 0.1) is 19.3 Å². The van der Waals surface area contributed by atoms with Gasteiger partial charge in [-0.15, -0.1) is 10.2 Å². The van der Waals surface area contributed by atoms with Crippen molar-refractivity contribution in [1.29, 1.82) is 0 Å². The fraction of sp³-hybridized carbons (Fsp3) is 0.158. The molecule has 7 heteroatoms. The minimum atomic E-state index is -0.292. The number of hydrogen-bond donors (Lipinski definition) is 2. The normalized spacial score (nSPS) is 10.2. The first-order chi connectivity index (χ1) is 12.8. The Bertz CT molecular complexity index is 853. The van der Waals surface area contributed by atoms with Crippen LogP contribution in [-0.2, 0) is 13.1 Å². The minimum absolute atomic E-state index is 0.253. The van der Waals surface area contributed by atoms with Crippen molar-refractivity contribution in [2.45, 2.75) is 13.1 Å². The highest BCUT2D eigenvalue weighted by Crippen LogP contribution is 2.18. The zero-order chi connectivity index (χ0) is 18.2. The zero-order valence-electron chi connectivity index (χ0n) is 14.3. The Hall–Kier alpha value is -3.48. The summed E-state index contributed by atoms with van der Waals surface area (Å²) in [6, 6.07) is 16.6. The molecule has 3 aromatic rings. The van der Waals surface area contributed by atoms with E-state index in [1.807, 2.05) is 42.5 Å². The fourth-order valence-corrected chi connectivity index (χ4v) is 2.35. The average Bonchev–Trinajstić information content (AvgIpc) is 2.72. The molecule has 0 unspecified atom stereocenters. The molecule has 26 heavy (non-hydrogen) atoms. The van der Waals surface area contributed by atoms with Crippen molar-refractivity contribution in [3.8, 4) is 5.75 Å². The van der Waals surface area contributed by atoms with Gasteiger partial charge in [0.2, 0.25) is 0 Å². The molecule has 0 bridgehead atoms. The van der Waals surface area contributed by atoms with Gasteiger partial charge in [-0.25, -0.2) is 0 Å². The summed E-state index contributed by atoms with van der Waals surface area (Å²) < 4.78 is 5.31. The second-order valence-electron chi connectivity index (χ2n) is 5.47. The summed E-state index contributed by atoms with van der Waals surface area (Å²) in [5.74, 6) is 1.09. The Morgan fingerprint density at radius 1 is 1.00 bits per heavy atom. The number of ether oxygens (including phenoxy) is 1. The first kappa shape index (κ1) is 17.3. The van der Waals surface area contributed by atoms with Gasteiger partial charge in [0, 0.05) is 18.3 Å². The van der Waals surface area contributed by atoms with Gasteiger partial charge < -0.3 is 15.4 Å². The maximum Gasteiger partial charge on any atom is 0.272 e. The van der Waals surface area contributed by atoms with Gasteiger partial charge in [-0.1, -0.05) is 24.3 Å². The number of nitrogens with zero attached hydrogens (tertiary/aromatic N) is 3. The summed E-state index contributed by atoms with van der Waals surface area (Å²) in [6.07, 6.45) is 1.68. The van der Waals surface area contributed by atoms with Gasteiger partial charge in [-0.3, -0.25) is 9.78 Å². The largest absolute Gasteiger partial charge is 0.496 e. The van der Waals surface area contributed by atoms with Gasteiger partial charge in [0.15, 0.2) is 5.69 Å². The molecule has 1 aromatic carbocycles. The molecule has 0 radical (unpaired) electrons. The first-order valence-electron chi connectivity index (χ1n) is 8.14. The number of aromatic nitrogens is 3. The molecule has 0 fully saturated rings. The molecule has 2 heterocycles. The van der Waals surface area contributed by atoms with Gasteiger partial charge in [-0.2, -0.15) is 0 Å². The third-order valence-electron chi connectivity index (χ3n) is 3.71. The van der Waals surface area contributed by atoms with Crippen molar-refractivity contribution < 1.29 is 9.53 Å². The van der Waals surface area contributed by atoms with E-state index >= 15 is 0 Å². The topological polar surface area (TPSA) is 89.0 Å². The molecule has 0 aliphatic rings. The fourth-order valence-electron chi connectivity index (χ4n) is 2.35.